The summed E-state index contributed by atoms with van der Waals surface area (Å²) < 4.78 is 11.3. The Bertz CT molecular complexity index is 870. The van der Waals surface area contributed by atoms with Crippen molar-refractivity contribution < 1.29 is 9.47 Å². The Labute approximate surface area is 148 Å². The average Bonchev–Trinajstić information content (AvgIpc) is 2.57. The molecule has 3 rings (SSSR count). The molecular weight excluding hydrogens is 312 g/mol. The van der Waals surface area contributed by atoms with Crippen LogP contribution in [0.2, 0.25) is 0 Å². The molecule has 0 atom stereocenters. The summed E-state index contributed by atoms with van der Waals surface area (Å²) in [7, 11) is 1.66. The third-order valence-electron chi connectivity index (χ3n) is 4.02. The van der Waals surface area contributed by atoms with Crippen LogP contribution in [0.3, 0.4) is 0 Å². The number of methoxy groups -OCH3 is 1. The molecule has 0 bridgehead atoms. The van der Waals surface area contributed by atoms with E-state index >= 15 is 0 Å². The van der Waals surface area contributed by atoms with Crippen LogP contribution in [-0.2, 0) is 0 Å². The van der Waals surface area contributed by atoms with Crippen LogP contribution in [0.5, 0.6) is 11.5 Å². The van der Waals surface area contributed by atoms with Crippen molar-refractivity contribution in [1.29, 1.82) is 0 Å². The van der Waals surface area contributed by atoms with Crippen LogP contribution in [0.15, 0.2) is 42.5 Å². The van der Waals surface area contributed by atoms with Gasteiger partial charge in [-0.25, -0.2) is 0 Å². The van der Waals surface area contributed by atoms with Crippen LogP contribution < -0.4 is 14.8 Å². The fourth-order valence-corrected chi connectivity index (χ4v) is 2.98. The minimum absolute atomic E-state index is 0.572. The molecule has 130 valence electrons. The Morgan fingerprint density at radius 2 is 1.72 bits per heavy atom. The number of aromatic nitrogens is 1. The number of hydrogen-bond acceptors (Lipinski definition) is 4. The number of fused-ring (bicyclic) bond motifs is 1. The van der Waals surface area contributed by atoms with E-state index in [0.717, 1.165) is 40.3 Å². The second-order valence-corrected chi connectivity index (χ2v) is 6.30. The van der Waals surface area contributed by atoms with Crippen LogP contribution >= 0.6 is 0 Å². The van der Waals surface area contributed by atoms with Crippen molar-refractivity contribution >= 4 is 16.6 Å². The molecule has 0 unspecified atom stereocenters. The standard InChI is InChI=1S/C21H24N2O2/c1-14-9-15(2)11-17(10-14)22-7-8-25-21-12-16(3)23-20-6-5-18(24-4)13-19(20)21/h5-6,9-13,22H,7-8H2,1-4H3. The van der Waals surface area contributed by atoms with Crippen molar-refractivity contribution in [2.24, 2.45) is 0 Å². The van der Waals surface area contributed by atoms with Gasteiger partial charge in [0, 0.05) is 29.4 Å². The topological polar surface area (TPSA) is 43.4 Å². The number of hydrogen-bond donors (Lipinski definition) is 1. The second kappa shape index (κ2) is 7.43. The number of benzene rings is 2. The molecule has 0 aliphatic carbocycles. The zero-order chi connectivity index (χ0) is 17.8. The maximum atomic E-state index is 6.02. The lowest BCUT2D eigenvalue weighted by Crippen LogP contribution is -2.12. The highest BCUT2D eigenvalue weighted by atomic mass is 16.5. The lowest BCUT2D eigenvalue weighted by atomic mass is 10.1. The first kappa shape index (κ1) is 17.1. The molecule has 1 N–H and O–H groups in total. The van der Waals surface area contributed by atoms with Gasteiger partial charge in [0.1, 0.15) is 18.1 Å². The smallest absolute Gasteiger partial charge is 0.130 e. The van der Waals surface area contributed by atoms with Gasteiger partial charge >= 0.3 is 0 Å². The molecule has 4 nitrogen and oxygen atoms in total. The van der Waals surface area contributed by atoms with Crippen molar-refractivity contribution in [3.8, 4) is 11.5 Å². The minimum atomic E-state index is 0.572. The van der Waals surface area contributed by atoms with Gasteiger partial charge in [0.2, 0.25) is 0 Å². The van der Waals surface area contributed by atoms with Gasteiger partial charge in [-0.05, 0) is 62.2 Å². The number of nitrogens with zero attached hydrogens (tertiary/aromatic N) is 1. The van der Waals surface area contributed by atoms with Crippen molar-refractivity contribution in [2.45, 2.75) is 20.8 Å². The molecule has 0 aliphatic rings. The fourth-order valence-electron chi connectivity index (χ4n) is 2.98. The van der Waals surface area contributed by atoms with Crippen molar-refractivity contribution in [2.75, 3.05) is 25.6 Å². The Balaban J connectivity index is 1.70. The number of aryl methyl sites for hydroxylation is 3. The SMILES string of the molecule is COc1ccc2nc(C)cc(OCCNc3cc(C)cc(C)c3)c2c1. The maximum absolute atomic E-state index is 6.02. The molecule has 0 amide bonds. The molecule has 25 heavy (non-hydrogen) atoms. The van der Waals surface area contributed by atoms with Crippen LogP contribution in [0.25, 0.3) is 10.9 Å². The van der Waals surface area contributed by atoms with E-state index in [9.17, 15) is 0 Å². The van der Waals surface area contributed by atoms with Gasteiger partial charge in [-0.2, -0.15) is 0 Å². The highest BCUT2D eigenvalue weighted by molar-refractivity contribution is 5.86. The summed E-state index contributed by atoms with van der Waals surface area (Å²) in [5, 5.41) is 4.39. The molecular formula is C21H24N2O2. The van der Waals surface area contributed by atoms with E-state index in [-0.39, 0.29) is 0 Å². The van der Waals surface area contributed by atoms with Gasteiger partial charge < -0.3 is 14.8 Å². The summed E-state index contributed by atoms with van der Waals surface area (Å²) in [6, 6.07) is 14.3. The van der Waals surface area contributed by atoms with E-state index in [1.165, 1.54) is 11.1 Å². The third-order valence-corrected chi connectivity index (χ3v) is 4.02. The number of rotatable bonds is 6. The summed E-state index contributed by atoms with van der Waals surface area (Å²) >= 11 is 0. The second-order valence-electron chi connectivity index (χ2n) is 6.30. The molecule has 4 heteroatoms. The zero-order valence-corrected chi connectivity index (χ0v) is 15.2. The first-order valence-corrected chi connectivity index (χ1v) is 8.45. The first-order valence-electron chi connectivity index (χ1n) is 8.45. The first-order chi connectivity index (χ1) is 12.0. The van der Waals surface area contributed by atoms with Crippen LogP contribution in [-0.4, -0.2) is 25.2 Å². The van der Waals surface area contributed by atoms with Crippen molar-refractivity contribution in [1.82, 2.24) is 4.98 Å². The van der Waals surface area contributed by atoms with Crippen LogP contribution in [0.4, 0.5) is 5.69 Å². The lowest BCUT2D eigenvalue weighted by molar-refractivity contribution is 0.336. The Kier molecular flexibility index (Phi) is 5.08. The van der Waals surface area contributed by atoms with Gasteiger partial charge in [0.15, 0.2) is 0 Å². The predicted octanol–water partition coefficient (Wildman–Crippen LogP) is 4.66. The molecule has 0 fully saturated rings. The quantitative estimate of drug-likeness (QED) is 0.665. The van der Waals surface area contributed by atoms with E-state index in [4.69, 9.17) is 9.47 Å². The van der Waals surface area contributed by atoms with Crippen LogP contribution in [0, 0.1) is 20.8 Å². The molecule has 0 saturated heterocycles. The van der Waals surface area contributed by atoms with Gasteiger partial charge in [-0.1, -0.05) is 6.07 Å². The lowest BCUT2D eigenvalue weighted by Gasteiger charge is -2.13. The highest BCUT2D eigenvalue weighted by Crippen LogP contribution is 2.29. The number of anilines is 1. The minimum Gasteiger partial charge on any atom is -0.497 e. The molecule has 0 saturated carbocycles. The van der Waals surface area contributed by atoms with Crippen LogP contribution in [0.1, 0.15) is 16.8 Å². The maximum Gasteiger partial charge on any atom is 0.130 e. The average molecular weight is 336 g/mol. The normalized spacial score (nSPS) is 10.7. The van der Waals surface area contributed by atoms with E-state index in [0.29, 0.717) is 6.61 Å². The van der Waals surface area contributed by atoms with Crippen molar-refractivity contribution in [3.05, 3.63) is 59.3 Å². The summed E-state index contributed by atoms with van der Waals surface area (Å²) in [5.74, 6) is 1.64. The van der Waals surface area contributed by atoms with Gasteiger partial charge in [-0.15, -0.1) is 0 Å². The molecule has 1 aromatic heterocycles. The third kappa shape index (κ3) is 4.21. The molecule has 0 aliphatic heterocycles. The summed E-state index contributed by atoms with van der Waals surface area (Å²) in [6.45, 7) is 7.49. The van der Waals surface area contributed by atoms with E-state index in [1.54, 1.807) is 7.11 Å². The number of nitrogens with one attached hydrogen (secondary N) is 1. The van der Waals surface area contributed by atoms with Gasteiger partial charge in [0.05, 0.1) is 12.6 Å². The molecule has 0 radical (unpaired) electrons. The van der Waals surface area contributed by atoms with E-state index in [1.807, 2.05) is 31.2 Å². The zero-order valence-electron chi connectivity index (χ0n) is 15.2. The Hall–Kier alpha value is -2.75. The summed E-state index contributed by atoms with van der Waals surface area (Å²) in [4.78, 5) is 4.56. The number of ether oxygens (including phenoxy) is 2. The predicted molar refractivity (Wildman–Crippen MR) is 103 cm³/mol. The van der Waals surface area contributed by atoms with Gasteiger partial charge in [-0.3, -0.25) is 4.98 Å². The largest absolute Gasteiger partial charge is 0.497 e. The van der Waals surface area contributed by atoms with Crippen molar-refractivity contribution in [3.63, 3.8) is 0 Å². The summed E-state index contributed by atoms with van der Waals surface area (Å²) in [5.41, 5.74) is 5.49. The molecule has 0 spiro atoms. The molecule has 2 aromatic carbocycles. The van der Waals surface area contributed by atoms with E-state index < -0.39 is 0 Å². The highest BCUT2D eigenvalue weighted by Gasteiger charge is 2.07. The fraction of sp³-hybridized carbons (Fsp3) is 0.286. The Morgan fingerprint density at radius 1 is 0.960 bits per heavy atom. The Morgan fingerprint density at radius 3 is 2.44 bits per heavy atom. The molecule has 1 heterocycles. The number of pyridine rings is 1. The monoisotopic (exact) mass is 336 g/mol. The van der Waals surface area contributed by atoms with Gasteiger partial charge in [0.25, 0.3) is 0 Å². The summed E-state index contributed by atoms with van der Waals surface area (Å²) in [6.07, 6.45) is 0. The molecule has 3 aromatic rings. The van der Waals surface area contributed by atoms with E-state index in [2.05, 4.69) is 42.3 Å².